The molecule has 7 nitrogen and oxygen atoms in total. The molecule has 4 aromatic rings. The lowest BCUT2D eigenvalue weighted by Gasteiger charge is -2.23. The van der Waals surface area contributed by atoms with E-state index in [4.69, 9.17) is 4.52 Å². The second kappa shape index (κ2) is 7.02. The zero-order valence-corrected chi connectivity index (χ0v) is 16.5. The number of imide groups is 1. The second-order valence-corrected chi connectivity index (χ2v) is 7.49. The molecule has 0 spiro atoms. The Bertz CT molecular complexity index is 1310. The van der Waals surface area contributed by atoms with Crippen molar-refractivity contribution in [2.45, 2.75) is 19.0 Å². The summed E-state index contributed by atoms with van der Waals surface area (Å²) in [5, 5.41) is 8.54. The minimum Gasteiger partial charge on any atom is -0.337 e. The van der Waals surface area contributed by atoms with E-state index in [9.17, 15) is 14.0 Å². The Labute approximate surface area is 176 Å². The van der Waals surface area contributed by atoms with Gasteiger partial charge in [0.25, 0.3) is 5.91 Å². The first-order valence-corrected chi connectivity index (χ1v) is 9.66. The first-order chi connectivity index (χ1) is 15.0. The molecule has 0 bridgehead atoms. The van der Waals surface area contributed by atoms with E-state index in [0.717, 1.165) is 15.7 Å². The summed E-state index contributed by atoms with van der Waals surface area (Å²) in [5.74, 6) is -0.432. The Balaban J connectivity index is 1.44. The van der Waals surface area contributed by atoms with Gasteiger partial charge in [0.15, 0.2) is 0 Å². The third-order valence-corrected chi connectivity index (χ3v) is 5.47. The number of nitrogens with one attached hydrogen (secondary N) is 1. The van der Waals surface area contributed by atoms with Crippen molar-refractivity contribution in [3.05, 3.63) is 84.0 Å². The van der Waals surface area contributed by atoms with Crippen LogP contribution in [-0.4, -0.2) is 27.0 Å². The van der Waals surface area contributed by atoms with Crippen LogP contribution in [0.4, 0.5) is 9.18 Å². The normalized spacial score (nSPS) is 18.6. The quantitative estimate of drug-likeness (QED) is 0.508. The molecule has 3 aromatic carbocycles. The average molecular weight is 416 g/mol. The summed E-state index contributed by atoms with van der Waals surface area (Å²) >= 11 is 0. The maximum absolute atomic E-state index is 13.3. The molecular weight excluding hydrogens is 399 g/mol. The molecule has 2 heterocycles. The highest BCUT2D eigenvalue weighted by atomic mass is 19.1. The van der Waals surface area contributed by atoms with Crippen molar-refractivity contribution in [2.75, 3.05) is 0 Å². The lowest BCUT2D eigenvalue weighted by atomic mass is 9.88. The standard InChI is InChI=1S/C23H17FN4O3/c1-23(18-8-4-6-14-5-2-3-7-17(14)18)21(29)28(22(30)26-23)13-19-25-20(27-31-19)15-9-11-16(24)12-10-15/h2-12H,13H2,1H3,(H,26,30). The topological polar surface area (TPSA) is 88.3 Å². The van der Waals surface area contributed by atoms with Gasteiger partial charge in [-0.3, -0.25) is 9.69 Å². The first kappa shape index (κ1) is 18.9. The Kier molecular flexibility index (Phi) is 4.28. The average Bonchev–Trinajstić information content (AvgIpc) is 3.33. The summed E-state index contributed by atoms with van der Waals surface area (Å²) in [6.07, 6.45) is 0. The number of fused-ring (bicyclic) bond motifs is 1. The van der Waals surface area contributed by atoms with Crippen LogP contribution in [0.15, 0.2) is 71.3 Å². The number of carbonyl (C=O) groups excluding carboxylic acids is 2. The minimum atomic E-state index is -1.22. The molecule has 1 unspecified atom stereocenters. The molecule has 1 aliphatic rings. The lowest BCUT2D eigenvalue weighted by Crippen LogP contribution is -2.41. The van der Waals surface area contributed by atoms with Gasteiger partial charge in [-0.1, -0.05) is 47.6 Å². The van der Waals surface area contributed by atoms with Gasteiger partial charge in [-0.25, -0.2) is 9.18 Å². The number of rotatable bonds is 4. The number of carbonyl (C=O) groups is 2. The lowest BCUT2D eigenvalue weighted by molar-refractivity contribution is -0.131. The number of benzene rings is 3. The van der Waals surface area contributed by atoms with Crippen LogP contribution in [0.25, 0.3) is 22.2 Å². The summed E-state index contributed by atoms with van der Waals surface area (Å²) in [7, 11) is 0. The second-order valence-electron chi connectivity index (χ2n) is 7.49. The van der Waals surface area contributed by atoms with E-state index in [0.29, 0.717) is 11.1 Å². The summed E-state index contributed by atoms with van der Waals surface area (Å²) in [5.41, 5.74) is 0.0516. The summed E-state index contributed by atoms with van der Waals surface area (Å²) in [4.78, 5) is 31.3. The highest BCUT2D eigenvalue weighted by molar-refractivity contribution is 6.09. The Morgan fingerprint density at radius 2 is 1.77 bits per heavy atom. The van der Waals surface area contributed by atoms with Gasteiger partial charge in [-0.15, -0.1) is 0 Å². The molecule has 154 valence electrons. The number of aromatic nitrogens is 2. The fourth-order valence-corrected chi connectivity index (χ4v) is 3.86. The third-order valence-electron chi connectivity index (χ3n) is 5.47. The van der Waals surface area contributed by atoms with Crippen LogP contribution in [-0.2, 0) is 16.9 Å². The van der Waals surface area contributed by atoms with Gasteiger partial charge < -0.3 is 9.84 Å². The summed E-state index contributed by atoms with van der Waals surface area (Å²) < 4.78 is 18.3. The predicted octanol–water partition coefficient (Wildman–Crippen LogP) is 4.00. The van der Waals surface area contributed by atoms with Gasteiger partial charge in [0, 0.05) is 5.56 Å². The molecule has 1 aromatic heterocycles. The van der Waals surface area contributed by atoms with Crippen LogP contribution in [0.1, 0.15) is 18.4 Å². The minimum absolute atomic E-state index is 0.102. The molecular formula is C23H17FN4O3. The van der Waals surface area contributed by atoms with Crippen molar-refractivity contribution < 1.29 is 18.5 Å². The van der Waals surface area contributed by atoms with Gasteiger partial charge in [0.05, 0.1) is 0 Å². The molecule has 8 heteroatoms. The fourth-order valence-electron chi connectivity index (χ4n) is 3.86. The van der Waals surface area contributed by atoms with Gasteiger partial charge in [0.2, 0.25) is 11.7 Å². The van der Waals surface area contributed by atoms with Crippen molar-refractivity contribution in [1.82, 2.24) is 20.4 Å². The molecule has 1 aliphatic heterocycles. The maximum Gasteiger partial charge on any atom is 0.325 e. The van der Waals surface area contributed by atoms with Crippen LogP contribution < -0.4 is 5.32 Å². The molecule has 0 aliphatic carbocycles. The highest BCUT2D eigenvalue weighted by Crippen LogP contribution is 2.34. The Hall–Kier alpha value is -4.07. The van der Waals surface area contributed by atoms with E-state index in [1.54, 1.807) is 6.92 Å². The Morgan fingerprint density at radius 3 is 2.58 bits per heavy atom. The zero-order chi connectivity index (χ0) is 21.6. The van der Waals surface area contributed by atoms with E-state index < -0.39 is 17.5 Å². The molecule has 1 N–H and O–H groups in total. The van der Waals surface area contributed by atoms with Gasteiger partial charge in [-0.2, -0.15) is 4.98 Å². The molecule has 3 amide bonds. The maximum atomic E-state index is 13.3. The van der Waals surface area contributed by atoms with Crippen molar-refractivity contribution in [1.29, 1.82) is 0 Å². The predicted molar refractivity (Wildman–Crippen MR) is 110 cm³/mol. The van der Waals surface area contributed by atoms with Crippen LogP contribution in [0.5, 0.6) is 0 Å². The molecule has 1 saturated heterocycles. The summed E-state index contributed by atoms with van der Waals surface area (Å²) in [6, 6.07) is 18.4. The third kappa shape index (κ3) is 3.13. The van der Waals surface area contributed by atoms with E-state index in [1.165, 1.54) is 24.3 Å². The number of halogens is 1. The van der Waals surface area contributed by atoms with Crippen molar-refractivity contribution in [2.24, 2.45) is 0 Å². The van der Waals surface area contributed by atoms with E-state index in [2.05, 4.69) is 15.5 Å². The molecule has 0 radical (unpaired) electrons. The molecule has 0 saturated carbocycles. The zero-order valence-electron chi connectivity index (χ0n) is 16.5. The molecule has 1 atom stereocenters. The van der Waals surface area contributed by atoms with Crippen molar-refractivity contribution in [3.63, 3.8) is 0 Å². The number of hydrogen-bond donors (Lipinski definition) is 1. The smallest absolute Gasteiger partial charge is 0.325 e. The van der Waals surface area contributed by atoms with E-state index in [1.807, 2.05) is 42.5 Å². The first-order valence-electron chi connectivity index (χ1n) is 9.66. The largest absolute Gasteiger partial charge is 0.337 e. The number of nitrogens with zero attached hydrogens (tertiary/aromatic N) is 3. The van der Waals surface area contributed by atoms with Gasteiger partial charge in [-0.05, 0) is 47.5 Å². The van der Waals surface area contributed by atoms with Crippen molar-refractivity contribution in [3.8, 4) is 11.4 Å². The number of urea groups is 1. The van der Waals surface area contributed by atoms with Gasteiger partial charge in [0.1, 0.15) is 17.9 Å². The van der Waals surface area contributed by atoms with E-state index >= 15 is 0 Å². The molecule has 31 heavy (non-hydrogen) atoms. The molecule has 5 rings (SSSR count). The van der Waals surface area contributed by atoms with Crippen LogP contribution in [0.3, 0.4) is 0 Å². The molecule has 1 fully saturated rings. The van der Waals surface area contributed by atoms with E-state index in [-0.39, 0.29) is 24.1 Å². The number of hydrogen-bond acceptors (Lipinski definition) is 5. The van der Waals surface area contributed by atoms with Crippen LogP contribution in [0, 0.1) is 5.82 Å². The highest BCUT2D eigenvalue weighted by Gasteiger charge is 2.50. The van der Waals surface area contributed by atoms with Crippen LogP contribution >= 0.6 is 0 Å². The number of amides is 3. The van der Waals surface area contributed by atoms with Crippen LogP contribution in [0.2, 0.25) is 0 Å². The summed E-state index contributed by atoms with van der Waals surface area (Å²) in [6.45, 7) is 1.52. The SMILES string of the molecule is CC1(c2cccc3ccccc23)NC(=O)N(Cc2nc(-c3ccc(F)cc3)no2)C1=O. The van der Waals surface area contributed by atoms with Crippen molar-refractivity contribution >= 4 is 22.7 Å². The monoisotopic (exact) mass is 416 g/mol. The Morgan fingerprint density at radius 1 is 1.03 bits per heavy atom. The fraction of sp³-hybridized carbons (Fsp3) is 0.130. The van der Waals surface area contributed by atoms with Gasteiger partial charge >= 0.3 is 6.03 Å².